The number of aliphatic carboxylic acids is 1. The van der Waals surface area contributed by atoms with Crippen molar-refractivity contribution in [1.82, 2.24) is 25.0 Å². The van der Waals surface area contributed by atoms with Crippen LogP contribution in [0.1, 0.15) is 10.4 Å². The van der Waals surface area contributed by atoms with E-state index in [9.17, 15) is 18.0 Å². The Kier molecular flexibility index (Phi) is 9.26. The number of anilines is 2. The van der Waals surface area contributed by atoms with Crippen molar-refractivity contribution < 1.29 is 27.9 Å². The third kappa shape index (κ3) is 7.67. The molecule has 38 heavy (non-hydrogen) atoms. The van der Waals surface area contributed by atoms with Crippen molar-refractivity contribution in [2.24, 2.45) is 0 Å². The second-order valence-electron chi connectivity index (χ2n) is 8.20. The van der Waals surface area contributed by atoms with Crippen molar-refractivity contribution in [3.8, 4) is 5.82 Å². The van der Waals surface area contributed by atoms with Gasteiger partial charge in [-0.3, -0.25) is 4.79 Å². The zero-order valence-corrected chi connectivity index (χ0v) is 21.1. The summed E-state index contributed by atoms with van der Waals surface area (Å²) in [5, 5.41) is 19.4. The maximum Gasteiger partial charge on any atom is 0.490 e. The number of carboxylic acid groups (broad SMARTS) is 1. The van der Waals surface area contributed by atoms with E-state index in [1.807, 2.05) is 61.5 Å². The van der Waals surface area contributed by atoms with Crippen LogP contribution in [0.2, 0.25) is 5.02 Å². The highest BCUT2D eigenvalue weighted by Crippen LogP contribution is 2.27. The summed E-state index contributed by atoms with van der Waals surface area (Å²) in [7, 11) is 3.93. The summed E-state index contributed by atoms with van der Waals surface area (Å²) in [4.78, 5) is 27.6. The van der Waals surface area contributed by atoms with E-state index >= 15 is 0 Å². The number of hydrogen-bond acceptors (Lipinski definition) is 6. The Morgan fingerprint density at radius 1 is 1.08 bits per heavy atom. The fraction of sp³-hybridized carbons (Fsp3) is 0.200. The van der Waals surface area contributed by atoms with E-state index in [4.69, 9.17) is 21.5 Å². The average Bonchev–Trinajstić information content (AvgIpc) is 3.28. The van der Waals surface area contributed by atoms with Gasteiger partial charge in [0.2, 0.25) is 0 Å². The van der Waals surface area contributed by atoms with Gasteiger partial charge >= 0.3 is 12.1 Å². The van der Waals surface area contributed by atoms with Gasteiger partial charge in [-0.05, 0) is 56.6 Å². The van der Waals surface area contributed by atoms with Crippen LogP contribution in [0.15, 0.2) is 67.0 Å². The second kappa shape index (κ2) is 12.4. The van der Waals surface area contributed by atoms with Crippen LogP contribution in [-0.2, 0) is 4.79 Å². The van der Waals surface area contributed by atoms with E-state index in [-0.39, 0.29) is 5.91 Å². The SMILES string of the molecule is CN(C)CCNC(=O)c1ccc(-n2ncc3cc(Nc4ccccc4Cl)ccc32)nc1.O=C(O)C(F)(F)F. The minimum Gasteiger partial charge on any atom is -0.475 e. The lowest BCUT2D eigenvalue weighted by atomic mass is 10.2. The molecule has 0 saturated carbocycles. The number of nitrogens with zero attached hydrogens (tertiary/aromatic N) is 4. The number of alkyl halides is 3. The fourth-order valence-corrected chi connectivity index (χ4v) is 3.34. The predicted molar refractivity (Wildman–Crippen MR) is 138 cm³/mol. The van der Waals surface area contributed by atoms with Gasteiger partial charge in [0.15, 0.2) is 5.82 Å². The van der Waals surface area contributed by atoms with Crippen molar-refractivity contribution in [3.63, 3.8) is 0 Å². The minimum atomic E-state index is -5.08. The molecule has 13 heteroatoms. The lowest BCUT2D eigenvalue weighted by Crippen LogP contribution is -2.31. The second-order valence-corrected chi connectivity index (χ2v) is 8.61. The highest BCUT2D eigenvalue weighted by Gasteiger charge is 2.38. The molecule has 9 nitrogen and oxygen atoms in total. The highest BCUT2D eigenvalue weighted by atomic mass is 35.5. The molecule has 0 spiro atoms. The molecular formula is C25H24ClF3N6O3. The van der Waals surface area contributed by atoms with Gasteiger partial charge in [-0.2, -0.15) is 18.3 Å². The summed E-state index contributed by atoms with van der Waals surface area (Å²) in [5.41, 5.74) is 3.19. The van der Waals surface area contributed by atoms with Crippen LogP contribution in [0, 0.1) is 0 Å². The lowest BCUT2D eigenvalue weighted by Gasteiger charge is -2.10. The number of carbonyl (C=O) groups excluding carboxylic acids is 1. The van der Waals surface area contributed by atoms with Crippen LogP contribution in [0.4, 0.5) is 24.5 Å². The van der Waals surface area contributed by atoms with E-state index in [0.717, 1.165) is 28.8 Å². The number of fused-ring (bicyclic) bond motifs is 1. The Hall–Kier alpha value is -4.16. The van der Waals surface area contributed by atoms with Gasteiger partial charge in [0, 0.05) is 30.4 Å². The molecule has 0 atom stereocenters. The summed E-state index contributed by atoms with van der Waals surface area (Å²) in [6.07, 6.45) is -1.72. The molecule has 0 unspecified atom stereocenters. The molecular weight excluding hydrogens is 525 g/mol. The Morgan fingerprint density at radius 2 is 1.79 bits per heavy atom. The maximum atomic E-state index is 12.2. The molecule has 0 saturated heterocycles. The van der Waals surface area contributed by atoms with Gasteiger partial charge in [-0.15, -0.1) is 0 Å². The molecule has 0 aliphatic carbocycles. The molecule has 4 rings (SSSR count). The van der Waals surface area contributed by atoms with Crippen molar-refractivity contribution in [1.29, 1.82) is 0 Å². The number of nitrogens with one attached hydrogen (secondary N) is 2. The Labute approximate surface area is 220 Å². The van der Waals surface area contributed by atoms with Crippen LogP contribution >= 0.6 is 11.6 Å². The average molecular weight is 549 g/mol. The molecule has 2 aromatic carbocycles. The summed E-state index contributed by atoms with van der Waals surface area (Å²) in [6, 6.07) is 17.1. The van der Waals surface area contributed by atoms with Crippen molar-refractivity contribution in [3.05, 3.63) is 77.6 Å². The molecule has 3 N–H and O–H groups in total. The van der Waals surface area contributed by atoms with Crippen LogP contribution in [0.3, 0.4) is 0 Å². The number of benzene rings is 2. The van der Waals surface area contributed by atoms with E-state index < -0.39 is 12.1 Å². The molecule has 200 valence electrons. The molecule has 2 aromatic heterocycles. The Balaban J connectivity index is 0.000000505. The molecule has 4 aromatic rings. The number of pyridine rings is 1. The number of likely N-dealkylation sites (N-methyl/N-ethyl adjacent to an activating group) is 1. The largest absolute Gasteiger partial charge is 0.490 e. The first-order valence-corrected chi connectivity index (χ1v) is 11.5. The van der Waals surface area contributed by atoms with E-state index in [1.54, 1.807) is 29.2 Å². The summed E-state index contributed by atoms with van der Waals surface area (Å²) in [5.74, 6) is -2.25. The van der Waals surface area contributed by atoms with E-state index in [0.29, 0.717) is 22.9 Å². The highest BCUT2D eigenvalue weighted by molar-refractivity contribution is 6.33. The van der Waals surface area contributed by atoms with Gasteiger partial charge in [0.05, 0.1) is 28.0 Å². The lowest BCUT2D eigenvalue weighted by molar-refractivity contribution is -0.192. The minimum absolute atomic E-state index is 0.137. The summed E-state index contributed by atoms with van der Waals surface area (Å²) < 4.78 is 33.5. The third-order valence-corrected chi connectivity index (χ3v) is 5.36. The predicted octanol–water partition coefficient (Wildman–Crippen LogP) is 4.74. The first-order chi connectivity index (χ1) is 18.0. The third-order valence-electron chi connectivity index (χ3n) is 5.04. The van der Waals surface area contributed by atoms with Crippen molar-refractivity contribution in [2.45, 2.75) is 6.18 Å². The van der Waals surface area contributed by atoms with Gasteiger partial charge in [-0.25, -0.2) is 14.5 Å². The molecule has 0 radical (unpaired) electrons. The first-order valence-electron chi connectivity index (χ1n) is 11.1. The maximum absolute atomic E-state index is 12.2. The quantitative estimate of drug-likeness (QED) is 0.306. The normalized spacial score (nSPS) is 11.1. The number of aromatic nitrogens is 3. The van der Waals surface area contributed by atoms with Crippen molar-refractivity contribution >= 4 is 45.8 Å². The zero-order valence-electron chi connectivity index (χ0n) is 20.3. The van der Waals surface area contributed by atoms with Crippen molar-refractivity contribution in [2.75, 3.05) is 32.5 Å². The van der Waals surface area contributed by atoms with Gasteiger partial charge < -0.3 is 20.6 Å². The van der Waals surface area contributed by atoms with E-state index in [1.165, 1.54) is 0 Å². The number of carbonyl (C=O) groups is 2. The van der Waals surface area contributed by atoms with Gasteiger partial charge in [0.1, 0.15) is 0 Å². The van der Waals surface area contributed by atoms with Gasteiger partial charge in [-0.1, -0.05) is 23.7 Å². The molecule has 0 bridgehead atoms. The van der Waals surface area contributed by atoms with E-state index in [2.05, 4.69) is 20.7 Å². The number of para-hydroxylation sites is 1. The van der Waals surface area contributed by atoms with Gasteiger partial charge in [0.25, 0.3) is 5.91 Å². The Bertz CT molecular complexity index is 1410. The number of amides is 1. The number of hydrogen-bond donors (Lipinski definition) is 3. The monoisotopic (exact) mass is 548 g/mol. The molecule has 0 fully saturated rings. The number of carboxylic acids is 1. The smallest absolute Gasteiger partial charge is 0.475 e. The summed E-state index contributed by atoms with van der Waals surface area (Å²) in [6.45, 7) is 1.37. The van der Waals surface area contributed by atoms with Crippen LogP contribution < -0.4 is 10.6 Å². The Morgan fingerprint density at radius 3 is 2.39 bits per heavy atom. The molecule has 0 aliphatic rings. The van der Waals surface area contributed by atoms with Crippen LogP contribution in [0.25, 0.3) is 16.7 Å². The number of rotatable bonds is 7. The fourth-order valence-electron chi connectivity index (χ4n) is 3.15. The van der Waals surface area contributed by atoms with Crippen LogP contribution in [-0.4, -0.2) is 70.0 Å². The first kappa shape index (κ1) is 28.4. The molecule has 0 aliphatic heterocycles. The van der Waals surface area contributed by atoms with Crippen LogP contribution in [0.5, 0.6) is 0 Å². The number of halogens is 4. The zero-order chi connectivity index (χ0) is 27.9. The molecule has 1 amide bonds. The summed E-state index contributed by atoms with van der Waals surface area (Å²) >= 11 is 6.24. The standard InChI is InChI=1S/C23H23ClN6O.C2HF3O2/c1-29(2)12-11-25-23(31)16-7-10-22(26-14-16)30-21-9-8-18(13-17(21)15-27-30)28-20-6-4-3-5-19(20)24;3-2(4,5)1(6)7/h3-10,13-15,28H,11-12H2,1-2H3,(H,25,31);(H,6,7). The molecule has 2 heterocycles. The topological polar surface area (TPSA) is 112 Å².